The predicted octanol–water partition coefficient (Wildman–Crippen LogP) is 1.62. The maximum atomic E-state index is 10.8. The standard InChI is InChI=1S/C12H14N4O2/c13-6-9-3-4-10(5-12(9)16(17)18)15-11(7-14)8-1-2-8/h3-5,8,11,15H,1-2,7,14H2. The third-order valence-corrected chi connectivity index (χ3v) is 3.11. The minimum atomic E-state index is -0.543. The molecule has 0 heterocycles. The molecule has 1 aliphatic rings. The highest BCUT2D eigenvalue weighted by Gasteiger charge is 2.30. The van der Waals surface area contributed by atoms with Gasteiger partial charge in [0, 0.05) is 24.3 Å². The van der Waals surface area contributed by atoms with Crippen LogP contribution in [0, 0.1) is 27.4 Å². The van der Waals surface area contributed by atoms with E-state index in [0.717, 1.165) is 12.8 Å². The zero-order valence-corrected chi connectivity index (χ0v) is 9.80. The van der Waals surface area contributed by atoms with Crippen molar-refractivity contribution in [1.82, 2.24) is 0 Å². The molecule has 1 aromatic carbocycles. The molecular weight excluding hydrogens is 232 g/mol. The van der Waals surface area contributed by atoms with Crippen molar-refractivity contribution < 1.29 is 4.92 Å². The van der Waals surface area contributed by atoms with Crippen LogP contribution >= 0.6 is 0 Å². The van der Waals surface area contributed by atoms with Crippen LogP contribution in [0.2, 0.25) is 0 Å². The molecule has 0 bridgehead atoms. The van der Waals surface area contributed by atoms with Gasteiger partial charge >= 0.3 is 0 Å². The Bertz CT molecular complexity index is 505. The quantitative estimate of drug-likeness (QED) is 0.606. The number of rotatable bonds is 5. The van der Waals surface area contributed by atoms with Gasteiger partial charge in [-0.25, -0.2) is 0 Å². The Morgan fingerprint density at radius 1 is 1.61 bits per heavy atom. The van der Waals surface area contributed by atoms with Gasteiger partial charge in [-0.3, -0.25) is 10.1 Å². The SMILES string of the molecule is N#Cc1ccc(NC(CN)C2CC2)cc1[N+](=O)[O-]. The van der Waals surface area contributed by atoms with Gasteiger partial charge in [0.05, 0.1) is 4.92 Å². The van der Waals surface area contributed by atoms with E-state index in [-0.39, 0.29) is 17.3 Å². The van der Waals surface area contributed by atoms with E-state index in [9.17, 15) is 10.1 Å². The number of hydrogen-bond acceptors (Lipinski definition) is 5. The number of nitrogens with two attached hydrogens (primary N) is 1. The van der Waals surface area contributed by atoms with Gasteiger partial charge in [-0.2, -0.15) is 5.26 Å². The van der Waals surface area contributed by atoms with Gasteiger partial charge in [0.1, 0.15) is 11.6 Å². The number of hydrogen-bond donors (Lipinski definition) is 2. The van der Waals surface area contributed by atoms with Crippen molar-refractivity contribution >= 4 is 11.4 Å². The van der Waals surface area contributed by atoms with Crippen LogP contribution in [0.3, 0.4) is 0 Å². The second-order valence-electron chi connectivity index (χ2n) is 4.42. The summed E-state index contributed by atoms with van der Waals surface area (Å²) < 4.78 is 0. The number of nitrogens with zero attached hydrogens (tertiary/aromatic N) is 2. The van der Waals surface area contributed by atoms with Crippen LogP contribution in [0.25, 0.3) is 0 Å². The smallest absolute Gasteiger partial charge is 0.289 e. The molecule has 0 radical (unpaired) electrons. The van der Waals surface area contributed by atoms with E-state index in [1.165, 1.54) is 12.1 Å². The largest absolute Gasteiger partial charge is 0.381 e. The maximum Gasteiger partial charge on any atom is 0.289 e. The van der Waals surface area contributed by atoms with E-state index in [0.29, 0.717) is 18.2 Å². The molecule has 1 aromatic rings. The van der Waals surface area contributed by atoms with E-state index in [2.05, 4.69) is 5.32 Å². The molecule has 18 heavy (non-hydrogen) atoms. The maximum absolute atomic E-state index is 10.8. The van der Waals surface area contributed by atoms with Crippen molar-refractivity contribution in [1.29, 1.82) is 5.26 Å². The van der Waals surface area contributed by atoms with Crippen molar-refractivity contribution in [3.8, 4) is 6.07 Å². The zero-order chi connectivity index (χ0) is 13.1. The summed E-state index contributed by atoms with van der Waals surface area (Å²) in [5, 5.41) is 22.8. The van der Waals surface area contributed by atoms with Crippen LogP contribution in [-0.4, -0.2) is 17.5 Å². The van der Waals surface area contributed by atoms with Crippen LogP contribution in [0.1, 0.15) is 18.4 Å². The lowest BCUT2D eigenvalue weighted by Crippen LogP contribution is -2.30. The lowest BCUT2D eigenvalue weighted by Gasteiger charge is -2.17. The van der Waals surface area contributed by atoms with Crippen molar-refractivity contribution in [3.05, 3.63) is 33.9 Å². The molecule has 2 rings (SSSR count). The van der Waals surface area contributed by atoms with E-state index in [1.54, 1.807) is 6.07 Å². The lowest BCUT2D eigenvalue weighted by atomic mass is 10.1. The molecule has 3 N–H and O–H groups in total. The lowest BCUT2D eigenvalue weighted by molar-refractivity contribution is -0.385. The summed E-state index contributed by atoms with van der Waals surface area (Å²) in [6.07, 6.45) is 2.29. The second kappa shape index (κ2) is 5.02. The first-order valence-electron chi connectivity index (χ1n) is 5.81. The van der Waals surface area contributed by atoms with Gasteiger partial charge in [-0.05, 0) is 30.9 Å². The highest BCUT2D eigenvalue weighted by molar-refractivity contribution is 5.59. The Labute approximate surface area is 105 Å². The first-order valence-corrected chi connectivity index (χ1v) is 5.81. The van der Waals surface area contributed by atoms with E-state index in [1.807, 2.05) is 6.07 Å². The topological polar surface area (TPSA) is 105 Å². The van der Waals surface area contributed by atoms with Crippen molar-refractivity contribution in [2.75, 3.05) is 11.9 Å². The fraction of sp³-hybridized carbons (Fsp3) is 0.417. The van der Waals surface area contributed by atoms with Crippen LogP contribution < -0.4 is 11.1 Å². The summed E-state index contributed by atoms with van der Waals surface area (Å²) in [4.78, 5) is 10.3. The second-order valence-corrected chi connectivity index (χ2v) is 4.42. The normalized spacial score (nSPS) is 15.8. The van der Waals surface area contributed by atoms with Crippen molar-refractivity contribution in [3.63, 3.8) is 0 Å². The highest BCUT2D eigenvalue weighted by atomic mass is 16.6. The van der Waals surface area contributed by atoms with E-state index in [4.69, 9.17) is 11.0 Å². The van der Waals surface area contributed by atoms with Crippen molar-refractivity contribution in [2.45, 2.75) is 18.9 Å². The molecule has 1 atom stereocenters. The summed E-state index contributed by atoms with van der Waals surface area (Å²) in [6, 6.07) is 6.49. The number of benzene rings is 1. The summed E-state index contributed by atoms with van der Waals surface area (Å²) in [5.41, 5.74) is 6.21. The molecule has 1 aliphatic carbocycles. The average molecular weight is 246 g/mol. The summed E-state index contributed by atoms with van der Waals surface area (Å²) in [6.45, 7) is 0.498. The third kappa shape index (κ3) is 2.57. The zero-order valence-electron chi connectivity index (χ0n) is 9.80. The Hall–Kier alpha value is -2.13. The van der Waals surface area contributed by atoms with Gasteiger partial charge in [-0.1, -0.05) is 0 Å². The van der Waals surface area contributed by atoms with Gasteiger partial charge in [-0.15, -0.1) is 0 Å². The first-order chi connectivity index (χ1) is 8.65. The molecule has 6 heteroatoms. The number of anilines is 1. The Morgan fingerprint density at radius 2 is 2.33 bits per heavy atom. The average Bonchev–Trinajstić information content (AvgIpc) is 3.19. The number of nitrogens with one attached hydrogen (secondary N) is 1. The first kappa shape index (κ1) is 12.3. The summed E-state index contributed by atoms with van der Waals surface area (Å²) >= 11 is 0. The molecule has 0 amide bonds. The van der Waals surface area contributed by atoms with Crippen LogP contribution in [0.5, 0.6) is 0 Å². The van der Waals surface area contributed by atoms with Gasteiger partial charge in [0.2, 0.25) is 0 Å². The van der Waals surface area contributed by atoms with Crippen LogP contribution in [0.15, 0.2) is 18.2 Å². The Balaban J connectivity index is 2.21. The number of nitro groups is 1. The predicted molar refractivity (Wildman–Crippen MR) is 67.0 cm³/mol. The number of nitriles is 1. The van der Waals surface area contributed by atoms with Gasteiger partial charge in [0.25, 0.3) is 5.69 Å². The number of nitro benzene ring substituents is 1. The van der Waals surface area contributed by atoms with Gasteiger partial charge < -0.3 is 11.1 Å². The molecule has 6 nitrogen and oxygen atoms in total. The van der Waals surface area contributed by atoms with Crippen molar-refractivity contribution in [2.24, 2.45) is 11.7 Å². The Kier molecular flexibility index (Phi) is 3.44. The molecule has 1 unspecified atom stereocenters. The highest BCUT2D eigenvalue weighted by Crippen LogP contribution is 2.34. The summed E-state index contributed by atoms with van der Waals surface area (Å²) in [5.74, 6) is 0.560. The molecule has 0 aliphatic heterocycles. The molecule has 94 valence electrons. The minimum Gasteiger partial charge on any atom is -0.381 e. The fourth-order valence-corrected chi connectivity index (χ4v) is 1.95. The molecule has 1 fully saturated rings. The fourth-order valence-electron chi connectivity index (χ4n) is 1.95. The third-order valence-electron chi connectivity index (χ3n) is 3.11. The molecule has 0 spiro atoms. The molecule has 1 saturated carbocycles. The van der Waals surface area contributed by atoms with E-state index >= 15 is 0 Å². The molecular formula is C12H14N4O2. The minimum absolute atomic E-state index is 0.0706. The molecule has 0 aromatic heterocycles. The van der Waals surface area contributed by atoms with Crippen LogP contribution in [-0.2, 0) is 0 Å². The van der Waals surface area contributed by atoms with E-state index < -0.39 is 4.92 Å². The molecule has 0 saturated heterocycles. The van der Waals surface area contributed by atoms with Gasteiger partial charge in [0.15, 0.2) is 0 Å². The van der Waals surface area contributed by atoms with Crippen LogP contribution in [0.4, 0.5) is 11.4 Å². The summed E-state index contributed by atoms with van der Waals surface area (Å²) in [7, 11) is 0. The Morgan fingerprint density at radius 3 is 2.83 bits per heavy atom. The monoisotopic (exact) mass is 246 g/mol.